The first kappa shape index (κ1) is 14.3. The fourth-order valence-electron chi connectivity index (χ4n) is 1.50. The van der Waals surface area contributed by atoms with E-state index in [1.165, 1.54) is 0 Å². The number of methoxy groups -OCH3 is 2. The maximum absolute atomic E-state index is 5.55. The third kappa shape index (κ3) is 3.63. The van der Waals surface area contributed by atoms with Gasteiger partial charge in [-0.3, -0.25) is 4.99 Å². The topological polar surface area (TPSA) is 68.9 Å². The molecule has 0 saturated carbocycles. The highest BCUT2D eigenvalue weighted by atomic mass is 16.5. The van der Waals surface area contributed by atoms with E-state index in [1.54, 1.807) is 14.2 Å². The molecule has 0 radical (unpaired) electrons. The van der Waals surface area contributed by atoms with Crippen molar-refractivity contribution in [2.24, 2.45) is 10.8 Å². The summed E-state index contributed by atoms with van der Waals surface area (Å²) in [5.74, 6) is 7.53. The normalized spacial score (nSPS) is 12.2. The van der Waals surface area contributed by atoms with Crippen LogP contribution < -0.4 is 20.7 Å². The quantitative estimate of drug-likeness (QED) is 0.371. The summed E-state index contributed by atoms with van der Waals surface area (Å²) in [5, 5.41) is 0. The third-order valence-electron chi connectivity index (χ3n) is 2.25. The summed E-state index contributed by atoms with van der Waals surface area (Å²) < 4.78 is 10.5. The molecule has 0 spiro atoms. The van der Waals surface area contributed by atoms with Gasteiger partial charge < -0.3 is 14.9 Å². The Morgan fingerprint density at radius 3 is 2.33 bits per heavy atom. The van der Waals surface area contributed by atoms with Crippen LogP contribution in [-0.4, -0.2) is 25.6 Å². The number of rotatable bonds is 3. The Morgan fingerprint density at radius 1 is 1.22 bits per heavy atom. The van der Waals surface area contributed by atoms with Gasteiger partial charge in [0.2, 0.25) is 0 Å². The zero-order valence-electron chi connectivity index (χ0n) is 11.6. The number of nitrogens with zero attached hydrogens (tertiary/aromatic N) is 1. The van der Waals surface area contributed by atoms with E-state index in [2.05, 4.69) is 10.4 Å². The van der Waals surface area contributed by atoms with Crippen LogP contribution >= 0.6 is 0 Å². The van der Waals surface area contributed by atoms with E-state index < -0.39 is 0 Å². The molecule has 18 heavy (non-hydrogen) atoms. The highest BCUT2D eigenvalue weighted by Gasteiger charge is 2.15. The summed E-state index contributed by atoms with van der Waals surface area (Å²) >= 11 is 0. The highest BCUT2D eigenvalue weighted by Crippen LogP contribution is 2.25. The molecule has 0 heterocycles. The first-order valence-electron chi connectivity index (χ1n) is 5.70. The minimum absolute atomic E-state index is 0.240. The smallest absolute Gasteiger partial charge is 0.146 e. The largest absolute Gasteiger partial charge is 0.497 e. The standard InChI is InChI=1S/C13H21N3O2/c1-13(2,3)15-12(16-14)10-8-9(17-4)6-7-11(10)18-5/h6-8H,14H2,1-5H3,(H,15,16). The molecule has 5 heteroatoms. The molecule has 5 nitrogen and oxygen atoms in total. The Morgan fingerprint density at radius 2 is 1.89 bits per heavy atom. The van der Waals surface area contributed by atoms with Gasteiger partial charge in [0.05, 0.1) is 25.3 Å². The molecule has 1 aromatic rings. The summed E-state index contributed by atoms with van der Waals surface area (Å²) in [5.41, 5.74) is 3.15. The lowest BCUT2D eigenvalue weighted by atomic mass is 10.1. The van der Waals surface area contributed by atoms with Crippen molar-refractivity contribution >= 4 is 5.84 Å². The third-order valence-corrected chi connectivity index (χ3v) is 2.25. The Balaban J connectivity index is 3.31. The predicted octanol–water partition coefficient (Wildman–Crippen LogP) is 1.71. The second kappa shape index (κ2) is 5.73. The number of aliphatic imine (C=N–C) groups is 1. The second-order valence-electron chi connectivity index (χ2n) is 4.84. The number of benzene rings is 1. The monoisotopic (exact) mass is 251 g/mol. The van der Waals surface area contributed by atoms with Gasteiger partial charge >= 0.3 is 0 Å². The lowest BCUT2D eigenvalue weighted by Crippen LogP contribution is -2.34. The molecule has 0 aliphatic carbocycles. The van der Waals surface area contributed by atoms with E-state index in [0.717, 1.165) is 11.3 Å². The van der Waals surface area contributed by atoms with E-state index >= 15 is 0 Å². The van der Waals surface area contributed by atoms with Crippen LogP contribution in [0.25, 0.3) is 0 Å². The molecule has 0 saturated heterocycles. The van der Waals surface area contributed by atoms with Crippen molar-refractivity contribution in [3.8, 4) is 11.5 Å². The fourth-order valence-corrected chi connectivity index (χ4v) is 1.50. The Hall–Kier alpha value is -1.75. The van der Waals surface area contributed by atoms with Crippen LogP contribution in [0, 0.1) is 0 Å². The molecule has 100 valence electrons. The van der Waals surface area contributed by atoms with Gasteiger partial charge in [-0.2, -0.15) is 0 Å². The molecule has 0 aliphatic rings. The lowest BCUT2D eigenvalue weighted by Gasteiger charge is -2.18. The molecule has 0 aliphatic heterocycles. The summed E-state index contributed by atoms with van der Waals surface area (Å²) in [6, 6.07) is 5.49. The molecule has 1 rings (SSSR count). The summed E-state index contributed by atoms with van der Waals surface area (Å²) in [6.45, 7) is 5.99. The van der Waals surface area contributed by atoms with E-state index in [-0.39, 0.29) is 5.54 Å². The fraction of sp³-hybridized carbons (Fsp3) is 0.462. The van der Waals surface area contributed by atoms with Gasteiger partial charge in [0.15, 0.2) is 0 Å². The number of amidine groups is 1. The molecular weight excluding hydrogens is 230 g/mol. The van der Waals surface area contributed by atoms with Crippen molar-refractivity contribution in [3.63, 3.8) is 0 Å². The van der Waals surface area contributed by atoms with Crippen molar-refractivity contribution in [1.82, 2.24) is 5.43 Å². The molecule has 3 N–H and O–H groups in total. The first-order valence-corrected chi connectivity index (χ1v) is 5.70. The van der Waals surface area contributed by atoms with Crippen LogP contribution in [-0.2, 0) is 0 Å². The average molecular weight is 251 g/mol. The Kier molecular flexibility index (Phi) is 4.55. The summed E-state index contributed by atoms with van der Waals surface area (Å²) in [7, 11) is 3.22. The Bertz CT molecular complexity index is 436. The molecule has 0 fully saturated rings. The zero-order chi connectivity index (χ0) is 13.8. The van der Waals surface area contributed by atoms with Gasteiger partial charge in [0.25, 0.3) is 0 Å². The van der Waals surface area contributed by atoms with Gasteiger partial charge in [0, 0.05) is 0 Å². The minimum atomic E-state index is -0.240. The molecule has 0 unspecified atom stereocenters. The predicted molar refractivity (Wildman–Crippen MR) is 73.2 cm³/mol. The number of ether oxygens (including phenoxy) is 2. The van der Waals surface area contributed by atoms with E-state index in [0.29, 0.717) is 11.6 Å². The maximum Gasteiger partial charge on any atom is 0.146 e. The van der Waals surface area contributed by atoms with Crippen LogP contribution in [0.3, 0.4) is 0 Å². The highest BCUT2D eigenvalue weighted by molar-refractivity contribution is 6.01. The van der Waals surface area contributed by atoms with Gasteiger partial charge in [0.1, 0.15) is 17.3 Å². The molecule has 0 aromatic heterocycles. The number of hydrogen-bond acceptors (Lipinski definition) is 4. The molecular formula is C13H21N3O2. The summed E-state index contributed by atoms with van der Waals surface area (Å²) in [4.78, 5) is 4.53. The van der Waals surface area contributed by atoms with Crippen LogP contribution in [0.1, 0.15) is 26.3 Å². The van der Waals surface area contributed by atoms with Crippen molar-refractivity contribution < 1.29 is 9.47 Å². The minimum Gasteiger partial charge on any atom is -0.497 e. The average Bonchev–Trinajstić information content (AvgIpc) is 2.34. The first-order chi connectivity index (χ1) is 8.41. The van der Waals surface area contributed by atoms with Crippen LogP contribution in [0.4, 0.5) is 0 Å². The van der Waals surface area contributed by atoms with Gasteiger partial charge in [-0.1, -0.05) is 0 Å². The van der Waals surface area contributed by atoms with E-state index in [1.807, 2.05) is 39.0 Å². The van der Waals surface area contributed by atoms with E-state index in [9.17, 15) is 0 Å². The second-order valence-corrected chi connectivity index (χ2v) is 4.84. The molecule has 1 aromatic carbocycles. The van der Waals surface area contributed by atoms with Gasteiger partial charge in [-0.15, -0.1) is 0 Å². The van der Waals surface area contributed by atoms with Crippen LogP contribution in [0.2, 0.25) is 0 Å². The van der Waals surface area contributed by atoms with Crippen LogP contribution in [0.15, 0.2) is 23.2 Å². The number of hydrazine groups is 1. The van der Waals surface area contributed by atoms with Crippen molar-refractivity contribution in [2.75, 3.05) is 14.2 Å². The Labute approximate surface area is 108 Å². The van der Waals surface area contributed by atoms with Crippen molar-refractivity contribution in [1.29, 1.82) is 0 Å². The van der Waals surface area contributed by atoms with Gasteiger partial charge in [-0.25, -0.2) is 5.84 Å². The molecule has 0 bridgehead atoms. The number of nitrogens with two attached hydrogens (primary N) is 1. The SMILES string of the molecule is COc1ccc(OC)c(C(=NC(C)(C)C)NN)c1. The zero-order valence-corrected chi connectivity index (χ0v) is 11.6. The van der Waals surface area contributed by atoms with Crippen LogP contribution in [0.5, 0.6) is 11.5 Å². The summed E-state index contributed by atoms with van der Waals surface area (Å²) in [6.07, 6.45) is 0. The maximum atomic E-state index is 5.55. The van der Waals surface area contributed by atoms with Gasteiger partial charge in [-0.05, 0) is 39.0 Å². The van der Waals surface area contributed by atoms with Crippen molar-refractivity contribution in [3.05, 3.63) is 23.8 Å². The molecule has 0 amide bonds. The van der Waals surface area contributed by atoms with E-state index in [4.69, 9.17) is 15.3 Å². The lowest BCUT2D eigenvalue weighted by molar-refractivity contribution is 0.402. The molecule has 0 atom stereocenters. The van der Waals surface area contributed by atoms with Crippen molar-refractivity contribution in [2.45, 2.75) is 26.3 Å². The number of nitrogens with one attached hydrogen (secondary N) is 1. The number of hydrogen-bond donors (Lipinski definition) is 2.